The number of hydrogen-bond donors (Lipinski definition) is 1. The second-order valence-electron chi connectivity index (χ2n) is 3.56. The number of carbonyl (C=O) groups is 1. The molecule has 0 amide bonds. The van der Waals surface area contributed by atoms with E-state index in [1.807, 2.05) is 0 Å². The van der Waals surface area contributed by atoms with Gasteiger partial charge in [0, 0.05) is 13.7 Å². The van der Waals surface area contributed by atoms with Crippen LogP contribution in [0.4, 0.5) is 5.95 Å². The zero-order valence-electron chi connectivity index (χ0n) is 11.1. The topological polar surface area (TPSA) is 94.0 Å². The highest BCUT2D eigenvalue weighted by Gasteiger charge is 2.16. The Labute approximate surface area is 110 Å². The third-order valence-electron chi connectivity index (χ3n) is 2.26. The molecular weight excluding hydrogens is 254 g/mol. The van der Waals surface area contributed by atoms with Crippen LogP contribution in [0.25, 0.3) is 0 Å². The number of ether oxygens (including phenoxy) is 3. The van der Waals surface area contributed by atoms with E-state index in [2.05, 4.69) is 9.97 Å². The Bertz CT molecular complexity index is 405. The number of hydrogen-bond acceptors (Lipinski definition) is 7. The SMILES string of the molecule is COCCN(CC(=O)O)c1nc(OC)cc(OC)n1. The summed E-state index contributed by atoms with van der Waals surface area (Å²) in [6.45, 7) is 0.467. The lowest BCUT2D eigenvalue weighted by molar-refractivity contribution is -0.135. The van der Waals surface area contributed by atoms with Gasteiger partial charge in [-0.15, -0.1) is 0 Å². The van der Waals surface area contributed by atoms with E-state index in [-0.39, 0.29) is 12.5 Å². The minimum absolute atomic E-state index is 0.218. The Morgan fingerprint density at radius 1 is 1.26 bits per heavy atom. The van der Waals surface area contributed by atoms with Gasteiger partial charge in [-0.05, 0) is 0 Å². The minimum Gasteiger partial charge on any atom is -0.481 e. The summed E-state index contributed by atoms with van der Waals surface area (Å²) >= 11 is 0. The first-order chi connectivity index (χ1) is 9.10. The molecule has 0 fully saturated rings. The molecule has 0 aromatic carbocycles. The molecule has 0 saturated carbocycles. The Balaban J connectivity index is 3.01. The van der Waals surface area contributed by atoms with Crippen LogP contribution < -0.4 is 14.4 Å². The van der Waals surface area contributed by atoms with Crippen molar-refractivity contribution < 1.29 is 24.1 Å². The zero-order chi connectivity index (χ0) is 14.3. The molecule has 0 aliphatic carbocycles. The predicted molar refractivity (Wildman–Crippen MR) is 66.9 cm³/mol. The highest BCUT2D eigenvalue weighted by Crippen LogP contribution is 2.19. The molecule has 1 heterocycles. The summed E-state index contributed by atoms with van der Waals surface area (Å²) < 4.78 is 15.0. The fourth-order valence-corrected chi connectivity index (χ4v) is 1.36. The molecule has 0 unspecified atom stereocenters. The normalized spacial score (nSPS) is 10.1. The van der Waals surface area contributed by atoms with Crippen molar-refractivity contribution in [2.75, 3.05) is 45.9 Å². The van der Waals surface area contributed by atoms with E-state index in [0.717, 1.165) is 0 Å². The zero-order valence-corrected chi connectivity index (χ0v) is 11.1. The van der Waals surface area contributed by atoms with Gasteiger partial charge in [-0.25, -0.2) is 0 Å². The maximum atomic E-state index is 10.9. The smallest absolute Gasteiger partial charge is 0.323 e. The van der Waals surface area contributed by atoms with E-state index in [9.17, 15) is 4.79 Å². The molecule has 1 N–H and O–H groups in total. The van der Waals surface area contributed by atoms with Crippen LogP contribution in [0.2, 0.25) is 0 Å². The van der Waals surface area contributed by atoms with Gasteiger partial charge in [0.05, 0.1) is 26.9 Å². The average Bonchev–Trinajstić information content (AvgIpc) is 2.42. The summed E-state index contributed by atoms with van der Waals surface area (Å²) in [6, 6.07) is 1.51. The molecule has 1 aromatic heterocycles. The molecule has 0 aliphatic rings. The van der Waals surface area contributed by atoms with Crippen LogP contribution in [0.3, 0.4) is 0 Å². The minimum atomic E-state index is -0.985. The van der Waals surface area contributed by atoms with Crippen molar-refractivity contribution in [1.82, 2.24) is 9.97 Å². The monoisotopic (exact) mass is 271 g/mol. The van der Waals surface area contributed by atoms with E-state index in [1.54, 1.807) is 0 Å². The van der Waals surface area contributed by atoms with Crippen LogP contribution in [0.5, 0.6) is 11.8 Å². The Morgan fingerprint density at radius 3 is 2.26 bits per heavy atom. The molecular formula is C11H17N3O5. The van der Waals surface area contributed by atoms with Crippen molar-refractivity contribution in [3.8, 4) is 11.8 Å². The number of aliphatic carboxylic acids is 1. The van der Waals surface area contributed by atoms with Crippen LogP contribution in [-0.2, 0) is 9.53 Å². The highest BCUT2D eigenvalue weighted by atomic mass is 16.5. The van der Waals surface area contributed by atoms with E-state index in [1.165, 1.54) is 32.3 Å². The van der Waals surface area contributed by atoms with Gasteiger partial charge < -0.3 is 24.2 Å². The van der Waals surface area contributed by atoms with E-state index >= 15 is 0 Å². The molecule has 0 saturated heterocycles. The quantitative estimate of drug-likeness (QED) is 0.707. The van der Waals surface area contributed by atoms with Crippen LogP contribution in [0.15, 0.2) is 6.07 Å². The summed E-state index contributed by atoms with van der Waals surface area (Å²) in [6.07, 6.45) is 0. The average molecular weight is 271 g/mol. The van der Waals surface area contributed by atoms with Crippen molar-refractivity contribution in [3.05, 3.63) is 6.07 Å². The fourth-order valence-electron chi connectivity index (χ4n) is 1.36. The molecule has 0 radical (unpaired) electrons. The molecule has 8 nitrogen and oxygen atoms in total. The molecule has 0 aliphatic heterocycles. The number of carboxylic acids is 1. The van der Waals surface area contributed by atoms with Gasteiger partial charge in [0.2, 0.25) is 17.7 Å². The lowest BCUT2D eigenvalue weighted by atomic mass is 10.5. The number of carboxylic acid groups (broad SMARTS) is 1. The second-order valence-corrected chi connectivity index (χ2v) is 3.56. The predicted octanol–water partition coefficient (Wildman–Crippen LogP) is 0.0312. The number of methoxy groups -OCH3 is 3. The van der Waals surface area contributed by atoms with Gasteiger partial charge in [0.15, 0.2) is 0 Å². The maximum Gasteiger partial charge on any atom is 0.323 e. The summed E-state index contributed by atoms with van der Waals surface area (Å²) in [5.41, 5.74) is 0. The molecule has 1 aromatic rings. The summed E-state index contributed by atoms with van der Waals surface area (Å²) in [5, 5.41) is 8.90. The van der Waals surface area contributed by atoms with Gasteiger partial charge in [-0.2, -0.15) is 9.97 Å². The summed E-state index contributed by atoms with van der Waals surface area (Å²) in [5.74, 6) is -0.165. The van der Waals surface area contributed by atoms with Gasteiger partial charge in [-0.1, -0.05) is 0 Å². The van der Waals surface area contributed by atoms with Gasteiger partial charge >= 0.3 is 5.97 Å². The molecule has 0 spiro atoms. The van der Waals surface area contributed by atoms with Gasteiger partial charge in [0.25, 0.3) is 0 Å². The van der Waals surface area contributed by atoms with Crippen molar-refractivity contribution in [2.45, 2.75) is 0 Å². The molecule has 0 atom stereocenters. The van der Waals surface area contributed by atoms with Crippen LogP contribution in [0.1, 0.15) is 0 Å². The number of rotatable bonds is 8. The largest absolute Gasteiger partial charge is 0.481 e. The second kappa shape index (κ2) is 7.37. The van der Waals surface area contributed by atoms with E-state index < -0.39 is 5.97 Å². The van der Waals surface area contributed by atoms with Crippen molar-refractivity contribution in [2.24, 2.45) is 0 Å². The van der Waals surface area contributed by atoms with Gasteiger partial charge in [-0.3, -0.25) is 4.79 Å². The maximum absolute atomic E-state index is 10.9. The first-order valence-corrected chi connectivity index (χ1v) is 5.53. The van der Waals surface area contributed by atoms with Crippen molar-refractivity contribution in [1.29, 1.82) is 0 Å². The molecule has 0 bridgehead atoms. The third kappa shape index (κ3) is 4.59. The fraction of sp³-hybridized carbons (Fsp3) is 0.545. The third-order valence-corrected chi connectivity index (χ3v) is 2.26. The number of aromatic nitrogens is 2. The van der Waals surface area contributed by atoms with Crippen LogP contribution in [-0.4, -0.2) is 62.1 Å². The lowest BCUT2D eigenvalue weighted by Gasteiger charge is -2.20. The molecule has 19 heavy (non-hydrogen) atoms. The van der Waals surface area contributed by atoms with Crippen molar-refractivity contribution in [3.63, 3.8) is 0 Å². The molecule has 106 valence electrons. The van der Waals surface area contributed by atoms with E-state index in [0.29, 0.717) is 24.9 Å². The Morgan fingerprint density at radius 2 is 1.84 bits per heavy atom. The summed E-state index contributed by atoms with van der Waals surface area (Å²) in [4.78, 5) is 20.5. The van der Waals surface area contributed by atoms with Gasteiger partial charge in [0.1, 0.15) is 6.54 Å². The molecule has 1 rings (SSSR count). The van der Waals surface area contributed by atoms with Crippen LogP contribution >= 0.6 is 0 Å². The number of nitrogens with zero attached hydrogens (tertiary/aromatic N) is 3. The number of anilines is 1. The lowest BCUT2D eigenvalue weighted by Crippen LogP contribution is -2.34. The molecule has 8 heteroatoms. The standard InChI is InChI=1S/C11H17N3O5/c1-17-5-4-14(7-10(15)16)11-12-8(18-2)6-9(13-11)19-3/h6H,4-5,7H2,1-3H3,(H,15,16). The Kier molecular flexibility index (Phi) is 5.80. The van der Waals surface area contributed by atoms with Crippen LogP contribution in [0, 0.1) is 0 Å². The Hall–Kier alpha value is -2.09. The first-order valence-electron chi connectivity index (χ1n) is 5.53. The highest BCUT2D eigenvalue weighted by molar-refractivity contribution is 5.72. The van der Waals surface area contributed by atoms with Crippen molar-refractivity contribution >= 4 is 11.9 Å². The van der Waals surface area contributed by atoms with E-state index in [4.69, 9.17) is 19.3 Å². The summed E-state index contributed by atoms with van der Waals surface area (Å²) in [7, 11) is 4.45. The first kappa shape index (κ1) is 15.0.